The molecular formula is C20H27ClN8O. The molecule has 1 amide bonds. The van der Waals surface area contributed by atoms with E-state index >= 15 is 0 Å². The van der Waals surface area contributed by atoms with Crippen LogP contribution in [0, 0.1) is 6.92 Å². The Bertz CT molecular complexity index is 963. The van der Waals surface area contributed by atoms with Gasteiger partial charge in [-0.05, 0) is 57.5 Å². The molecule has 10 heteroatoms. The van der Waals surface area contributed by atoms with Crippen molar-refractivity contribution < 1.29 is 4.79 Å². The molecule has 3 heterocycles. The summed E-state index contributed by atoms with van der Waals surface area (Å²) in [5, 5.41) is 16.0. The summed E-state index contributed by atoms with van der Waals surface area (Å²) in [5.41, 5.74) is 3.22. The summed E-state index contributed by atoms with van der Waals surface area (Å²) in [6, 6.07) is 8.15. The first-order valence-corrected chi connectivity index (χ1v) is 9.91. The van der Waals surface area contributed by atoms with E-state index in [4.69, 9.17) is 0 Å². The minimum absolute atomic E-state index is 0. The zero-order valence-corrected chi connectivity index (χ0v) is 18.2. The Hall–Kier alpha value is -2.78. The number of aromatic nitrogens is 6. The van der Waals surface area contributed by atoms with E-state index in [2.05, 4.69) is 25.7 Å². The van der Waals surface area contributed by atoms with E-state index in [9.17, 15) is 4.79 Å². The molecule has 1 fully saturated rings. The molecule has 2 aromatic heterocycles. The molecule has 0 spiro atoms. The van der Waals surface area contributed by atoms with E-state index in [0.29, 0.717) is 11.7 Å². The molecule has 1 N–H and O–H groups in total. The third-order valence-corrected chi connectivity index (χ3v) is 5.74. The molecule has 1 aliphatic heterocycles. The highest BCUT2D eigenvalue weighted by Crippen LogP contribution is 2.24. The maximum atomic E-state index is 13.1. The van der Waals surface area contributed by atoms with Crippen LogP contribution in [0.1, 0.15) is 53.6 Å². The lowest BCUT2D eigenvalue weighted by Gasteiger charge is -2.25. The average Bonchev–Trinajstić information content (AvgIpc) is 3.43. The number of hydrogen-bond acceptors (Lipinski definition) is 6. The number of nitrogens with zero attached hydrogens (tertiary/aromatic N) is 7. The number of piperidine rings is 1. The molecule has 160 valence electrons. The Morgan fingerprint density at radius 3 is 2.57 bits per heavy atom. The van der Waals surface area contributed by atoms with Gasteiger partial charge >= 0.3 is 0 Å². The number of rotatable bonds is 5. The molecule has 0 saturated carbocycles. The van der Waals surface area contributed by atoms with Crippen molar-refractivity contribution >= 4 is 18.3 Å². The van der Waals surface area contributed by atoms with Crippen LogP contribution in [0.25, 0.3) is 5.69 Å². The summed E-state index contributed by atoms with van der Waals surface area (Å²) in [6.07, 6.45) is 5.16. The van der Waals surface area contributed by atoms with Crippen molar-refractivity contribution in [3.63, 3.8) is 0 Å². The number of carbonyl (C=O) groups is 1. The smallest absolute Gasteiger partial charge is 0.276 e. The molecule has 3 aromatic rings. The Labute approximate surface area is 181 Å². The molecule has 0 bridgehead atoms. The maximum absolute atomic E-state index is 13.1. The van der Waals surface area contributed by atoms with Crippen LogP contribution >= 0.6 is 12.4 Å². The highest BCUT2D eigenvalue weighted by atomic mass is 35.5. The summed E-state index contributed by atoms with van der Waals surface area (Å²) in [6.45, 7) is 5.87. The standard InChI is InChI=1S/C20H26N8O.ClH/c1-14(16-4-6-17(7-5-16)27-13-22-12-23-27)26(3)20(29)19-15(2)28(25-24-19)18-8-10-21-11-9-18;/h4-7,12-14,18,21H,8-11H2,1-3H3;1H. The SMILES string of the molecule is Cc1c(C(=O)N(C)C(C)c2ccc(-n3cncn3)cc2)nnn1C1CCNCC1.Cl. The van der Waals surface area contributed by atoms with Gasteiger partial charge in [0.2, 0.25) is 0 Å². The zero-order chi connectivity index (χ0) is 20.4. The van der Waals surface area contributed by atoms with Crippen LogP contribution in [0.3, 0.4) is 0 Å². The number of nitrogens with one attached hydrogen (secondary N) is 1. The van der Waals surface area contributed by atoms with E-state index in [1.807, 2.05) is 42.8 Å². The van der Waals surface area contributed by atoms with Crippen LogP contribution in [0.4, 0.5) is 0 Å². The van der Waals surface area contributed by atoms with E-state index in [-0.39, 0.29) is 24.4 Å². The van der Waals surface area contributed by atoms with Crippen LogP contribution in [-0.4, -0.2) is 60.7 Å². The lowest BCUT2D eigenvalue weighted by atomic mass is 10.1. The first-order valence-electron chi connectivity index (χ1n) is 9.91. The van der Waals surface area contributed by atoms with Gasteiger partial charge in [-0.1, -0.05) is 17.3 Å². The molecule has 4 rings (SSSR count). The van der Waals surface area contributed by atoms with Gasteiger partial charge in [0, 0.05) is 7.05 Å². The number of amides is 1. The second kappa shape index (κ2) is 9.36. The topological polar surface area (TPSA) is 93.8 Å². The Morgan fingerprint density at radius 2 is 1.93 bits per heavy atom. The monoisotopic (exact) mass is 430 g/mol. The highest BCUT2D eigenvalue weighted by molar-refractivity contribution is 5.93. The minimum Gasteiger partial charge on any atom is -0.333 e. The summed E-state index contributed by atoms with van der Waals surface area (Å²) in [7, 11) is 1.81. The van der Waals surface area contributed by atoms with E-state index < -0.39 is 0 Å². The molecule has 1 aromatic carbocycles. The quantitative estimate of drug-likeness (QED) is 0.667. The van der Waals surface area contributed by atoms with Crippen molar-refractivity contribution in [1.29, 1.82) is 0 Å². The fraction of sp³-hybridized carbons (Fsp3) is 0.450. The van der Waals surface area contributed by atoms with Gasteiger partial charge in [0.1, 0.15) is 12.7 Å². The Balaban J connectivity index is 0.00000256. The first-order chi connectivity index (χ1) is 14.1. The molecule has 1 unspecified atom stereocenters. The minimum atomic E-state index is -0.115. The molecule has 0 aliphatic carbocycles. The van der Waals surface area contributed by atoms with Crippen molar-refractivity contribution in [3.8, 4) is 5.69 Å². The summed E-state index contributed by atoms with van der Waals surface area (Å²) in [4.78, 5) is 18.8. The second-order valence-corrected chi connectivity index (χ2v) is 7.47. The maximum Gasteiger partial charge on any atom is 0.276 e. The first kappa shape index (κ1) is 21.9. The van der Waals surface area contributed by atoms with Gasteiger partial charge < -0.3 is 10.2 Å². The van der Waals surface area contributed by atoms with Crippen molar-refractivity contribution in [3.05, 3.63) is 53.9 Å². The van der Waals surface area contributed by atoms with Crippen LogP contribution < -0.4 is 5.32 Å². The van der Waals surface area contributed by atoms with Crippen molar-refractivity contribution in [2.75, 3.05) is 20.1 Å². The Morgan fingerprint density at radius 1 is 1.23 bits per heavy atom. The summed E-state index contributed by atoms with van der Waals surface area (Å²) < 4.78 is 3.62. The summed E-state index contributed by atoms with van der Waals surface area (Å²) >= 11 is 0. The molecule has 1 atom stereocenters. The van der Waals surface area contributed by atoms with Crippen molar-refractivity contribution in [2.45, 2.75) is 38.8 Å². The van der Waals surface area contributed by atoms with Crippen LogP contribution in [0.2, 0.25) is 0 Å². The van der Waals surface area contributed by atoms with E-state index in [1.165, 1.54) is 6.33 Å². The molecule has 30 heavy (non-hydrogen) atoms. The fourth-order valence-corrected chi connectivity index (χ4v) is 3.75. The average molecular weight is 431 g/mol. The van der Waals surface area contributed by atoms with Gasteiger partial charge in [0.25, 0.3) is 5.91 Å². The van der Waals surface area contributed by atoms with Gasteiger partial charge in [0.15, 0.2) is 5.69 Å². The largest absolute Gasteiger partial charge is 0.333 e. The predicted molar refractivity (Wildman–Crippen MR) is 115 cm³/mol. The highest BCUT2D eigenvalue weighted by Gasteiger charge is 2.27. The molecular weight excluding hydrogens is 404 g/mol. The van der Waals surface area contributed by atoms with Crippen LogP contribution in [0.15, 0.2) is 36.9 Å². The third kappa shape index (κ3) is 4.22. The molecule has 1 saturated heterocycles. The lowest BCUT2D eigenvalue weighted by Crippen LogP contribution is -2.31. The fourth-order valence-electron chi connectivity index (χ4n) is 3.75. The van der Waals surface area contributed by atoms with E-state index in [0.717, 1.165) is 42.9 Å². The second-order valence-electron chi connectivity index (χ2n) is 7.47. The molecule has 0 radical (unpaired) electrons. The third-order valence-electron chi connectivity index (χ3n) is 5.74. The van der Waals surface area contributed by atoms with E-state index in [1.54, 1.807) is 23.0 Å². The van der Waals surface area contributed by atoms with Crippen LogP contribution in [-0.2, 0) is 0 Å². The van der Waals surface area contributed by atoms with Gasteiger partial charge in [-0.3, -0.25) is 4.79 Å². The van der Waals surface area contributed by atoms with Crippen LogP contribution in [0.5, 0.6) is 0 Å². The van der Waals surface area contributed by atoms with Crippen molar-refractivity contribution in [1.82, 2.24) is 40.0 Å². The number of hydrogen-bond donors (Lipinski definition) is 1. The lowest BCUT2D eigenvalue weighted by molar-refractivity contribution is 0.0735. The zero-order valence-electron chi connectivity index (χ0n) is 17.4. The Kier molecular flexibility index (Phi) is 6.84. The van der Waals surface area contributed by atoms with Gasteiger partial charge in [0.05, 0.1) is 23.5 Å². The van der Waals surface area contributed by atoms with Gasteiger partial charge in [-0.2, -0.15) is 5.10 Å². The number of halogens is 1. The number of carbonyl (C=O) groups excluding carboxylic acids is 1. The number of benzene rings is 1. The van der Waals surface area contributed by atoms with Gasteiger partial charge in [-0.15, -0.1) is 17.5 Å². The van der Waals surface area contributed by atoms with Crippen molar-refractivity contribution in [2.24, 2.45) is 0 Å². The summed E-state index contributed by atoms with van der Waals surface area (Å²) in [5.74, 6) is -0.115. The molecule has 9 nitrogen and oxygen atoms in total. The predicted octanol–water partition coefficient (Wildman–Crippen LogP) is 2.35. The normalized spacial score (nSPS) is 15.4. The van der Waals surface area contributed by atoms with Gasteiger partial charge in [-0.25, -0.2) is 14.3 Å². The molecule has 1 aliphatic rings.